The second-order valence-electron chi connectivity index (χ2n) is 7.13. The highest BCUT2D eigenvalue weighted by Crippen LogP contribution is 2.30. The van der Waals surface area contributed by atoms with E-state index in [-0.39, 0.29) is 25.2 Å². The molecule has 15 heteroatoms. The molecule has 0 unspecified atom stereocenters. The summed E-state index contributed by atoms with van der Waals surface area (Å²) in [7, 11) is -4.83. The number of nitrogens with zero attached hydrogens (tertiary/aromatic N) is 5. The Morgan fingerprint density at radius 2 is 2.07 bits per heavy atom. The summed E-state index contributed by atoms with van der Waals surface area (Å²) in [4.78, 5) is 32.9. The van der Waals surface area contributed by atoms with Crippen molar-refractivity contribution in [2.45, 2.75) is 43.4 Å². The van der Waals surface area contributed by atoms with Crippen LogP contribution >= 0.6 is 0 Å². The topological polar surface area (TPSA) is 168 Å². The smallest absolute Gasteiger partial charge is 0.309 e. The minimum absolute atomic E-state index is 0.00843. The van der Waals surface area contributed by atoms with Crippen molar-refractivity contribution in [1.82, 2.24) is 35.8 Å². The maximum atomic E-state index is 12.4. The summed E-state index contributed by atoms with van der Waals surface area (Å²) in [5, 5.41) is 12.1. The van der Waals surface area contributed by atoms with Gasteiger partial charge in [-0.25, -0.2) is 10.3 Å². The lowest BCUT2D eigenvalue weighted by molar-refractivity contribution is -0.139. The molecule has 0 aliphatic carbocycles. The molecule has 0 saturated carbocycles. The zero-order valence-corrected chi connectivity index (χ0v) is 16.1. The number of carbonyl (C=O) groups is 2. The highest BCUT2D eigenvalue weighted by Gasteiger charge is 2.49. The highest BCUT2D eigenvalue weighted by molar-refractivity contribution is 7.80. The van der Waals surface area contributed by atoms with Gasteiger partial charge in [0, 0.05) is 19.1 Å². The van der Waals surface area contributed by atoms with Gasteiger partial charge >= 0.3 is 16.4 Å². The predicted molar refractivity (Wildman–Crippen MR) is 92.9 cm³/mol. The van der Waals surface area contributed by atoms with Gasteiger partial charge in [0.05, 0.1) is 31.1 Å². The number of amides is 3. The van der Waals surface area contributed by atoms with Gasteiger partial charge in [-0.1, -0.05) is 0 Å². The van der Waals surface area contributed by atoms with Crippen LogP contribution in [0.3, 0.4) is 0 Å². The number of carbonyl (C=O) groups excluding carboxylic acids is 2. The lowest BCUT2D eigenvalue weighted by atomic mass is 10.0. The van der Waals surface area contributed by atoms with E-state index >= 15 is 0 Å². The first-order valence-corrected chi connectivity index (χ1v) is 10.5. The van der Waals surface area contributed by atoms with Crippen LogP contribution in [-0.4, -0.2) is 87.7 Å². The Bertz CT molecular complexity index is 864. The van der Waals surface area contributed by atoms with Crippen LogP contribution in [0.1, 0.15) is 25.3 Å². The quantitative estimate of drug-likeness (QED) is 0.332. The third-order valence-corrected chi connectivity index (χ3v) is 5.57. The van der Waals surface area contributed by atoms with Gasteiger partial charge in [-0.05, 0) is 19.3 Å². The Morgan fingerprint density at radius 1 is 1.31 bits per heavy atom. The number of hydrogen-bond donors (Lipinski definition) is 3. The molecule has 4 atom stereocenters. The molecule has 2 bridgehead atoms. The van der Waals surface area contributed by atoms with Crippen LogP contribution in [0.4, 0.5) is 4.79 Å². The second kappa shape index (κ2) is 7.83. The van der Waals surface area contributed by atoms with Crippen molar-refractivity contribution >= 4 is 22.3 Å². The molecule has 3 aliphatic heterocycles. The lowest BCUT2D eigenvalue weighted by Crippen LogP contribution is -2.50. The zero-order valence-electron chi connectivity index (χ0n) is 15.2. The first-order valence-electron chi connectivity index (χ1n) is 9.09. The molecule has 3 fully saturated rings. The largest absolute Gasteiger partial charge is 0.418 e. The van der Waals surface area contributed by atoms with Gasteiger partial charge in [0.1, 0.15) is 6.04 Å². The number of hydrogen-bond acceptors (Lipinski definition) is 9. The van der Waals surface area contributed by atoms with Gasteiger partial charge in [-0.15, -0.1) is 4.28 Å². The molecular formula is C14H21N7O7S. The molecule has 3 amide bonds. The van der Waals surface area contributed by atoms with E-state index in [2.05, 4.69) is 25.3 Å². The Morgan fingerprint density at radius 3 is 2.79 bits per heavy atom. The van der Waals surface area contributed by atoms with Crippen molar-refractivity contribution in [1.29, 1.82) is 0 Å². The van der Waals surface area contributed by atoms with Crippen LogP contribution in [0.25, 0.3) is 0 Å². The molecule has 1 aromatic heterocycles. The van der Waals surface area contributed by atoms with Crippen molar-refractivity contribution in [2.24, 2.45) is 0 Å². The minimum Gasteiger partial charge on any atom is -0.309 e. The summed E-state index contributed by atoms with van der Waals surface area (Å²) in [6.07, 6.45) is 4.62. The maximum absolute atomic E-state index is 12.4. The van der Waals surface area contributed by atoms with Crippen LogP contribution < -0.4 is 10.8 Å². The predicted octanol–water partition coefficient (Wildman–Crippen LogP) is -1.77. The van der Waals surface area contributed by atoms with E-state index in [1.54, 1.807) is 17.2 Å². The van der Waals surface area contributed by atoms with E-state index in [1.165, 1.54) is 4.90 Å². The fourth-order valence-corrected chi connectivity index (χ4v) is 4.29. The first kappa shape index (κ1) is 20.0. The average Bonchev–Trinajstić information content (AvgIpc) is 3.39. The van der Waals surface area contributed by atoms with Crippen molar-refractivity contribution in [3.8, 4) is 0 Å². The number of hydroxylamine groups is 3. The number of fused-ring (bicyclic) bond motifs is 2. The van der Waals surface area contributed by atoms with Crippen molar-refractivity contribution < 1.29 is 31.7 Å². The zero-order chi connectivity index (χ0) is 20.6. The third-order valence-electron chi connectivity index (χ3n) is 5.22. The van der Waals surface area contributed by atoms with Crippen LogP contribution in [0.5, 0.6) is 0 Å². The van der Waals surface area contributed by atoms with E-state index < -0.39 is 34.4 Å². The van der Waals surface area contributed by atoms with Crippen molar-refractivity contribution in [2.75, 3.05) is 19.7 Å². The second-order valence-corrected chi connectivity index (χ2v) is 8.14. The fraction of sp³-hybridized carbons (Fsp3) is 0.714. The first-order chi connectivity index (χ1) is 13.8. The number of piperidine rings is 1. The Kier molecular flexibility index (Phi) is 5.39. The monoisotopic (exact) mass is 431 g/mol. The minimum atomic E-state index is -4.83. The molecule has 0 radical (unpaired) electrons. The summed E-state index contributed by atoms with van der Waals surface area (Å²) >= 11 is 0. The summed E-state index contributed by atoms with van der Waals surface area (Å²) in [6.45, 7) is 1.03. The lowest BCUT2D eigenvalue weighted by Gasteiger charge is -2.29. The van der Waals surface area contributed by atoms with Crippen molar-refractivity contribution in [3.63, 3.8) is 0 Å². The standard InChI is InChI=1S/C14H21N7O7S/c22-13(18-27-8-9-5-11(6-15-9)21-16-3-4-17-21)12-2-1-10-7-19(12)14(23)20(10)28-29(24,25)26/h3-4,9-12,15H,1-2,5-8H2,(H,18,22)(H,24,25,26)/t9-,10-,11+,12+/m1/s1. The van der Waals surface area contributed by atoms with E-state index in [1.807, 2.05) is 0 Å². The third kappa shape index (κ3) is 4.32. The molecule has 1 aromatic rings. The summed E-state index contributed by atoms with van der Waals surface area (Å²) < 4.78 is 35.0. The Balaban J connectivity index is 1.25. The molecule has 29 heavy (non-hydrogen) atoms. The molecule has 3 aliphatic rings. The van der Waals surface area contributed by atoms with E-state index in [4.69, 9.17) is 9.39 Å². The molecular weight excluding hydrogens is 410 g/mol. The van der Waals surface area contributed by atoms with Gasteiger partial charge in [-0.3, -0.25) is 14.2 Å². The number of urea groups is 1. The highest BCUT2D eigenvalue weighted by atomic mass is 32.3. The molecule has 3 N–H and O–H groups in total. The maximum Gasteiger partial charge on any atom is 0.418 e. The molecule has 0 spiro atoms. The molecule has 4 heterocycles. The van der Waals surface area contributed by atoms with Crippen LogP contribution in [0.2, 0.25) is 0 Å². The molecule has 160 valence electrons. The molecule has 4 rings (SSSR count). The van der Waals surface area contributed by atoms with E-state index in [0.717, 1.165) is 6.42 Å². The number of aromatic nitrogens is 3. The van der Waals surface area contributed by atoms with Crippen molar-refractivity contribution in [3.05, 3.63) is 12.4 Å². The summed E-state index contributed by atoms with van der Waals surface area (Å²) in [5.41, 5.74) is 2.36. The van der Waals surface area contributed by atoms with Gasteiger partial charge in [-0.2, -0.15) is 28.5 Å². The number of nitrogens with one attached hydrogen (secondary N) is 2. The van der Waals surface area contributed by atoms with Gasteiger partial charge in [0.15, 0.2) is 0 Å². The molecule has 14 nitrogen and oxygen atoms in total. The van der Waals surface area contributed by atoms with E-state index in [0.29, 0.717) is 24.4 Å². The summed E-state index contributed by atoms with van der Waals surface area (Å²) in [6, 6.07) is -2.04. The Labute approximate surface area is 166 Å². The number of rotatable bonds is 7. The Hall–Kier alpha value is -2.33. The van der Waals surface area contributed by atoms with Gasteiger partial charge in [0.25, 0.3) is 5.91 Å². The van der Waals surface area contributed by atoms with Crippen LogP contribution in [0.15, 0.2) is 12.4 Å². The van der Waals surface area contributed by atoms with Crippen LogP contribution in [-0.2, 0) is 24.3 Å². The molecule has 3 saturated heterocycles. The SMILES string of the molecule is O=C(NOC[C@H]1C[C@H](n2nccn2)CN1)[C@@H]1CC[C@@H]2CN1C(=O)N2OS(=O)(=O)O. The summed E-state index contributed by atoms with van der Waals surface area (Å²) in [5.74, 6) is -0.506. The van der Waals surface area contributed by atoms with Crippen LogP contribution in [0, 0.1) is 0 Å². The van der Waals surface area contributed by atoms with Gasteiger partial charge in [0.2, 0.25) is 0 Å². The fourth-order valence-electron chi connectivity index (χ4n) is 3.90. The average molecular weight is 431 g/mol. The normalized spacial score (nSPS) is 29.5. The molecule has 0 aromatic carbocycles. The van der Waals surface area contributed by atoms with E-state index in [9.17, 15) is 18.0 Å². The van der Waals surface area contributed by atoms with Gasteiger partial charge < -0.3 is 10.2 Å².